The van der Waals surface area contributed by atoms with Crippen molar-refractivity contribution in [2.75, 3.05) is 45.9 Å². The van der Waals surface area contributed by atoms with Gasteiger partial charge in [-0.05, 0) is 30.2 Å². The average Bonchev–Trinajstić information content (AvgIpc) is 2.83. The predicted octanol–water partition coefficient (Wildman–Crippen LogP) is 2.82. The Hall–Kier alpha value is -2.81. The maximum absolute atomic E-state index is 13.1. The summed E-state index contributed by atoms with van der Waals surface area (Å²) in [6.07, 6.45) is 0.805. The van der Waals surface area contributed by atoms with E-state index in [4.69, 9.17) is 32.3 Å². The summed E-state index contributed by atoms with van der Waals surface area (Å²) < 4.78 is 5.94. The average molecular weight is 472 g/mol. The maximum atomic E-state index is 13.1. The van der Waals surface area contributed by atoms with Crippen LogP contribution in [0.1, 0.15) is 22.3 Å². The Kier molecular flexibility index (Phi) is 7.69. The predicted molar refractivity (Wildman–Crippen MR) is 127 cm³/mol. The number of carbonyl (C=O) groups is 1. The minimum atomic E-state index is -0.0896. The molecule has 1 atom stereocenters. The number of nitrogens with one attached hydrogen (secondary N) is 1. The highest BCUT2D eigenvalue weighted by atomic mass is 35.5. The largest absolute Gasteiger partial charge is 0.493 e. The van der Waals surface area contributed by atoms with Crippen molar-refractivity contribution in [2.45, 2.75) is 13.0 Å². The first-order valence-electron chi connectivity index (χ1n) is 11.2. The van der Waals surface area contributed by atoms with Crippen molar-refractivity contribution in [3.8, 4) is 5.75 Å². The standard InChI is InChI=1S/C24H30ClN5O3/c25-21-12-20(13-22(14-21)32-16-19-6-7-30(24(26)27)33-17-19)23(31)29-10-8-28(9-11-29)15-18-4-2-1-3-5-18/h1-5,12-14,19H,6-11,15-17H2,(H3,26,27). The summed E-state index contributed by atoms with van der Waals surface area (Å²) in [6, 6.07) is 15.6. The number of hydroxylamine groups is 2. The number of guanidine groups is 1. The van der Waals surface area contributed by atoms with E-state index >= 15 is 0 Å². The molecule has 2 heterocycles. The van der Waals surface area contributed by atoms with E-state index in [1.54, 1.807) is 18.2 Å². The van der Waals surface area contributed by atoms with Crippen LogP contribution in [-0.2, 0) is 11.4 Å². The Morgan fingerprint density at radius 2 is 1.88 bits per heavy atom. The van der Waals surface area contributed by atoms with Gasteiger partial charge in [-0.25, -0.2) is 5.06 Å². The van der Waals surface area contributed by atoms with Gasteiger partial charge < -0.3 is 15.4 Å². The van der Waals surface area contributed by atoms with Crippen LogP contribution in [0, 0.1) is 11.3 Å². The number of nitrogens with zero attached hydrogens (tertiary/aromatic N) is 3. The monoisotopic (exact) mass is 471 g/mol. The molecule has 2 aliphatic heterocycles. The molecular weight excluding hydrogens is 442 g/mol. The summed E-state index contributed by atoms with van der Waals surface area (Å²) in [7, 11) is 0. The first-order valence-corrected chi connectivity index (χ1v) is 11.6. The van der Waals surface area contributed by atoms with Crippen LogP contribution in [0.4, 0.5) is 0 Å². The van der Waals surface area contributed by atoms with E-state index < -0.39 is 0 Å². The number of halogens is 1. The van der Waals surface area contributed by atoms with Gasteiger partial charge in [0.25, 0.3) is 5.91 Å². The van der Waals surface area contributed by atoms with E-state index in [-0.39, 0.29) is 17.8 Å². The van der Waals surface area contributed by atoms with E-state index in [2.05, 4.69) is 29.2 Å². The molecule has 0 saturated carbocycles. The number of hydrogen-bond acceptors (Lipinski definition) is 5. The second kappa shape index (κ2) is 10.9. The van der Waals surface area contributed by atoms with Crippen LogP contribution >= 0.6 is 11.6 Å². The Bertz CT molecular complexity index is 958. The van der Waals surface area contributed by atoms with Crippen LogP contribution in [0.2, 0.25) is 5.02 Å². The number of ether oxygens (including phenoxy) is 1. The van der Waals surface area contributed by atoms with Gasteiger partial charge in [-0.1, -0.05) is 41.9 Å². The third-order valence-corrected chi connectivity index (χ3v) is 6.21. The molecule has 1 amide bonds. The molecule has 2 aromatic rings. The van der Waals surface area contributed by atoms with Crippen molar-refractivity contribution in [1.82, 2.24) is 14.9 Å². The number of nitrogens with two attached hydrogens (primary N) is 1. The fraction of sp³-hybridized carbons (Fsp3) is 0.417. The zero-order valence-corrected chi connectivity index (χ0v) is 19.3. The number of amides is 1. The van der Waals surface area contributed by atoms with Crippen molar-refractivity contribution in [3.63, 3.8) is 0 Å². The first-order chi connectivity index (χ1) is 16.0. The summed E-state index contributed by atoms with van der Waals surface area (Å²) in [4.78, 5) is 22.8. The number of carbonyl (C=O) groups excluding carboxylic acids is 1. The smallest absolute Gasteiger partial charge is 0.254 e. The zero-order valence-electron chi connectivity index (χ0n) is 18.6. The van der Waals surface area contributed by atoms with Gasteiger partial charge in [-0.3, -0.25) is 19.9 Å². The molecule has 1 unspecified atom stereocenters. The third kappa shape index (κ3) is 6.37. The molecule has 0 aliphatic carbocycles. The van der Waals surface area contributed by atoms with Gasteiger partial charge in [0.15, 0.2) is 0 Å². The van der Waals surface area contributed by atoms with E-state index in [1.807, 2.05) is 11.0 Å². The molecule has 0 aromatic heterocycles. The molecule has 2 fully saturated rings. The summed E-state index contributed by atoms with van der Waals surface area (Å²) in [5.74, 6) is 0.632. The Morgan fingerprint density at radius 1 is 1.12 bits per heavy atom. The molecule has 9 heteroatoms. The quantitative estimate of drug-likeness (QED) is 0.497. The van der Waals surface area contributed by atoms with Gasteiger partial charge >= 0.3 is 0 Å². The molecule has 4 rings (SSSR count). The van der Waals surface area contributed by atoms with Crippen LogP contribution in [0.25, 0.3) is 0 Å². The lowest BCUT2D eigenvalue weighted by Crippen LogP contribution is -2.48. The van der Waals surface area contributed by atoms with Crippen LogP contribution in [0.3, 0.4) is 0 Å². The molecule has 0 radical (unpaired) electrons. The van der Waals surface area contributed by atoms with E-state index in [0.29, 0.717) is 49.2 Å². The summed E-state index contributed by atoms with van der Waals surface area (Å²) >= 11 is 6.29. The minimum Gasteiger partial charge on any atom is -0.493 e. The molecule has 3 N–H and O–H groups in total. The van der Waals surface area contributed by atoms with Crippen LogP contribution < -0.4 is 10.5 Å². The van der Waals surface area contributed by atoms with Crippen LogP contribution in [-0.4, -0.2) is 72.7 Å². The molecule has 2 aliphatic rings. The molecule has 8 nitrogen and oxygen atoms in total. The van der Waals surface area contributed by atoms with E-state index in [0.717, 1.165) is 26.1 Å². The van der Waals surface area contributed by atoms with Crippen molar-refractivity contribution in [2.24, 2.45) is 11.7 Å². The molecule has 0 bridgehead atoms. The highest BCUT2D eigenvalue weighted by molar-refractivity contribution is 6.31. The second-order valence-electron chi connectivity index (χ2n) is 8.48. The molecule has 176 valence electrons. The molecular formula is C24H30ClN5O3. The first kappa shape index (κ1) is 23.4. The Labute approximate surface area is 199 Å². The van der Waals surface area contributed by atoms with Crippen molar-refractivity contribution < 1.29 is 14.4 Å². The van der Waals surface area contributed by atoms with Gasteiger partial charge in [0.1, 0.15) is 5.75 Å². The van der Waals surface area contributed by atoms with Crippen LogP contribution in [0.15, 0.2) is 48.5 Å². The number of benzene rings is 2. The van der Waals surface area contributed by atoms with Crippen molar-refractivity contribution in [1.29, 1.82) is 5.41 Å². The topological polar surface area (TPSA) is 95.1 Å². The summed E-state index contributed by atoms with van der Waals surface area (Å²) in [5.41, 5.74) is 7.26. The lowest BCUT2D eigenvalue weighted by atomic mass is 10.1. The van der Waals surface area contributed by atoms with Gasteiger partial charge in [-0.15, -0.1) is 0 Å². The van der Waals surface area contributed by atoms with Gasteiger partial charge in [-0.2, -0.15) is 0 Å². The van der Waals surface area contributed by atoms with Gasteiger partial charge in [0.2, 0.25) is 5.96 Å². The fourth-order valence-electron chi connectivity index (χ4n) is 4.08. The fourth-order valence-corrected chi connectivity index (χ4v) is 4.31. The maximum Gasteiger partial charge on any atom is 0.254 e. The van der Waals surface area contributed by atoms with Crippen LogP contribution in [0.5, 0.6) is 5.75 Å². The highest BCUT2D eigenvalue weighted by Gasteiger charge is 2.24. The van der Waals surface area contributed by atoms with Crippen molar-refractivity contribution in [3.05, 3.63) is 64.7 Å². The summed E-state index contributed by atoms with van der Waals surface area (Å²) in [6.45, 7) is 5.36. The lowest BCUT2D eigenvalue weighted by Gasteiger charge is -2.35. The lowest BCUT2D eigenvalue weighted by molar-refractivity contribution is -0.149. The molecule has 33 heavy (non-hydrogen) atoms. The number of hydrogen-bond donors (Lipinski definition) is 2. The minimum absolute atomic E-state index is 0.0280. The SMILES string of the molecule is N=C(N)N1CCC(COc2cc(Cl)cc(C(=O)N3CCN(Cc4ccccc4)CC3)c2)CO1. The molecule has 2 aromatic carbocycles. The van der Waals surface area contributed by atoms with Gasteiger partial charge in [0.05, 0.1) is 13.2 Å². The van der Waals surface area contributed by atoms with E-state index in [1.165, 1.54) is 10.6 Å². The Morgan fingerprint density at radius 3 is 2.55 bits per heavy atom. The highest BCUT2D eigenvalue weighted by Crippen LogP contribution is 2.24. The Balaban J connectivity index is 1.29. The van der Waals surface area contributed by atoms with Gasteiger partial charge in [0, 0.05) is 55.8 Å². The normalized spacial score (nSPS) is 19.4. The molecule has 0 spiro atoms. The third-order valence-electron chi connectivity index (χ3n) is 5.99. The molecule has 2 saturated heterocycles. The second-order valence-corrected chi connectivity index (χ2v) is 8.91. The van der Waals surface area contributed by atoms with Crippen molar-refractivity contribution >= 4 is 23.5 Å². The summed E-state index contributed by atoms with van der Waals surface area (Å²) in [5, 5.41) is 9.27. The van der Waals surface area contributed by atoms with E-state index in [9.17, 15) is 4.79 Å². The number of rotatable bonds is 6. The number of piperazine rings is 1. The zero-order chi connectivity index (χ0) is 23.2.